The number of rotatable bonds is 4. The molecule has 0 heterocycles. The van der Waals surface area contributed by atoms with Gasteiger partial charge < -0.3 is 10.4 Å². The number of carboxylic acids is 1. The van der Waals surface area contributed by atoms with Crippen LogP contribution in [0.2, 0.25) is 0 Å². The van der Waals surface area contributed by atoms with Crippen LogP contribution in [0.3, 0.4) is 0 Å². The zero-order chi connectivity index (χ0) is 11.3. The molecule has 0 saturated heterocycles. The Balaban J connectivity index is 2.48. The average molecular weight is 317 g/mol. The van der Waals surface area contributed by atoms with Gasteiger partial charge in [0.1, 0.15) is 0 Å². The summed E-state index contributed by atoms with van der Waals surface area (Å²) < 4.78 is 1.18. The van der Waals surface area contributed by atoms with Gasteiger partial charge in [0.25, 0.3) is 0 Å². The third-order valence-corrected chi connectivity index (χ3v) is 2.62. The van der Waals surface area contributed by atoms with E-state index >= 15 is 0 Å². The Morgan fingerprint density at radius 1 is 1.47 bits per heavy atom. The molecule has 1 rings (SSSR count). The smallest absolute Gasteiger partial charge is 0.331 e. The molecule has 0 spiro atoms. The molecule has 3 nitrogen and oxygen atoms in total. The van der Waals surface area contributed by atoms with E-state index in [2.05, 4.69) is 27.9 Å². The van der Waals surface area contributed by atoms with Crippen LogP contribution in [-0.4, -0.2) is 17.6 Å². The molecular weight excluding hydrogens is 305 g/mol. The molecule has 0 aliphatic heterocycles. The van der Waals surface area contributed by atoms with Gasteiger partial charge >= 0.3 is 5.97 Å². The summed E-state index contributed by atoms with van der Waals surface area (Å²) in [7, 11) is 0. The molecule has 0 aliphatic carbocycles. The number of carbonyl (C=O) groups is 1. The maximum Gasteiger partial charge on any atom is 0.331 e. The topological polar surface area (TPSA) is 49.3 Å². The standard InChI is InChI=1S/C11H12INO2/c1-8(11(14)15)6-7-13-10-4-2-9(12)3-5-10/h2-6,13H,7H2,1H3,(H,14,15)/b8-6-. The highest BCUT2D eigenvalue weighted by Gasteiger charge is 1.97. The lowest BCUT2D eigenvalue weighted by Gasteiger charge is -2.03. The monoisotopic (exact) mass is 317 g/mol. The van der Waals surface area contributed by atoms with Crippen molar-refractivity contribution in [2.45, 2.75) is 6.92 Å². The molecule has 4 heteroatoms. The highest BCUT2D eigenvalue weighted by Crippen LogP contribution is 2.10. The first-order valence-electron chi connectivity index (χ1n) is 4.49. The Morgan fingerprint density at radius 2 is 2.07 bits per heavy atom. The van der Waals surface area contributed by atoms with Crippen molar-refractivity contribution in [3.8, 4) is 0 Å². The maximum atomic E-state index is 10.5. The third-order valence-electron chi connectivity index (χ3n) is 1.90. The lowest BCUT2D eigenvalue weighted by Crippen LogP contribution is -2.02. The van der Waals surface area contributed by atoms with E-state index in [4.69, 9.17) is 5.11 Å². The minimum Gasteiger partial charge on any atom is -0.478 e. The Hall–Kier alpha value is -1.04. The molecule has 0 bridgehead atoms. The maximum absolute atomic E-state index is 10.5. The molecule has 0 fully saturated rings. The Bertz CT molecular complexity index is 371. The molecule has 0 radical (unpaired) electrons. The third kappa shape index (κ3) is 4.33. The van der Waals surface area contributed by atoms with E-state index in [0.29, 0.717) is 12.1 Å². The fourth-order valence-electron chi connectivity index (χ4n) is 0.977. The zero-order valence-electron chi connectivity index (χ0n) is 8.33. The summed E-state index contributed by atoms with van der Waals surface area (Å²) in [6.45, 7) is 2.11. The van der Waals surface area contributed by atoms with Crippen LogP contribution in [0.25, 0.3) is 0 Å². The van der Waals surface area contributed by atoms with Gasteiger partial charge in [-0.15, -0.1) is 0 Å². The number of carboxylic acid groups (broad SMARTS) is 1. The summed E-state index contributed by atoms with van der Waals surface area (Å²) >= 11 is 2.24. The van der Waals surface area contributed by atoms with E-state index in [1.165, 1.54) is 3.57 Å². The second-order valence-corrected chi connectivity index (χ2v) is 4.33. The largest absolute Gasteiger partial charge is 0.478 e. The van der Waals surface area contributed by atoms with Gasteiger partial charge in [0, 0.05) is 21.4 Å². The van der Waals surface area contributed by atoms with Crippen molar-refractivity contribution in [3.63, 3.8) is 0 Å². The molecule has 1 aromatic carbocycles. The quantitative estimate of drug-likeness (QED) is 0.663. The number of halogens is 1. The van der Waals surface area contributed by atoms with Gasteiger partial charge in [0.15, 0.2) is 0 Å². The van der Waals surface area contributed by atoms with Crippen LogP contribution in [0.5, 0.6) is 0 Å². The number of benzene rings is 1. The number of nitrogens with one attached hydrogen (secondary N) is 1. The Labute approximate surface area is 102 Å². The van der Waals surface area contributed by atoms with Gasteiger partial charge in [0.05, 0.1) is 0 Å². The number of anilines is 1. The van der Waals surface area contributed by atoms with Crippen LogP contribution in [0.1, 0.15) is 6.92 Å². The molecule has 0 saturated carbocycles. The molecule has 80 valence electrons. The van der Waals surface area contributed by atoms with Crippen LogP contribution in [-0.2, 0) is 4.79 Å². The van der Waals surface area contributed by atoms with Crippen molar-refractivity contribution in [1.29, 1.82) is 0 Å². The molecular formula is C11H12INO2. The first-order valence-corrected chi connectivity index (χ1v) is 5.57. The van der Waals surface area contributed by atoms with Crippen molar-refractivity contribution >= 4 is 34.2 Å². The van der Waals surface area contributed by atoms with E-state index in [1.54, 1.807) is 13.0 Å². The normalized spacial score (nSPS) is 11.2. The van der Waals surface area contributed by atoms with Crippen LogP contribution in [0, 0.1) is 3.57 Å². The van der Waals surface area contributed by atoms with Gasteiger partial charge in [-0.2, -0.15) is 0 Å². The molecule has 0 aromatic heterocycles. The molecule has 0 atom stereocenters. The molecule has 15 heavy (non-hydrogen) atoms. The van der Waals surface area contributed by atoms with Crippen molar-refractivity contribution in [3.05, 3.63) is 39.5 Å². The van der Waals surface area contributed by atoms with E-state index in [0.717, 1.165) is 5.69 Å². The predicted octanol–water partition coefficient (Wildman–Crippen LogP) is 2.73. The highest BCUT2D eigenvalue weighted by atomic mass is 127. The van der Waals surface area contributed by atoms with Gasteiger partial charge in [-0.1, -0.05) is 6.08 Å². The Morgan fingerprint density at radius 3 is 2.60 bits per heavy atom. The summed E-state index contributed by atoms with van der Waals surface area (Å²) in [5.74, 6) is -0.876. The molecule has 1 aromatic rings. The molecule has 2 N–H and O–H groups in total. The lowest BCUT2D eigenvalue weighted by atomic mass is 10.3. The number of aliphatic carboxylic acids is 1. The van der Waals surface area contributed by atoms with Gasteiger partial charge in [-0.05, 0) is 53.8 Å². The molecule has 0 unspecified atom stereocenters. The van der Waals surface area contributed by atoms with Gasteiger partial charge in [-0.3, -0.25) is 0 Å². The number of hydrogen-bond donors (Lipinski definition) is 2. The fraction of sp³-hybridized carbons (Fsp3) is 0.182. The second kappa shape index (κ2) is 5.75. The summed E-state index contributed by atoms with van der Waals surface area (Å²) in [5, 5.41) is 11.7. The lowest BCUT2D eigenvalue weighted by molar-refractivity contribution is -0.132. The molecule has 0 aliphatic rings. The summed E-state index contributed by atoms with van der Waals surface area (Å²) in [4.78, 5) is 10.5. The van der Waals surface area contributed by atoms with Crippen LogP contribution in [0.4, 0.5) is 5.69 Å². The van der Waals surface area contributed by atoms with Crippen LogP contribution in [0.15, 0.2) is 35.9 Å². The Kier molecular flexibility index (Phi) is 4.61. The second-order valence-electron chi connectivity index (χ2n) is 3.08. The summed E-state index contributed by atoms with van der Waals surface area (Å²) in [6, 6.07) is 7.92. The van der Waals surface area contributed by atoms with E-state index in [9.17, 15) is 4.79 Å². The SMILES string of the molecule is C/C(=C/CNc1ccc(I)cc1)C(=O)O. The van der Waals surface area contributed by atoms with Crippen LogP contribution >= 0.6 is 22.6 Å². The molecule has 0 amide bonds. The minimum atomic E-state index is -0.876. The fourth-order valence-corrected chi connectivity index (χ4v) is 1.34. The van der Waals surface area contributed by atoms with Gasteiger partial charge in [-0.25, -0.2) is 4.79 Å². The van der Waals surface area contributed by atoms with E-state index < -0.39 is 5.97 Å². The number of hydrogen-bond acceptors (Lipinski definition) is 2. The first kappa shape index (κ1) is 12.0. The van der Waals surface area contributed by atoms with E-state index in [-0.39, 0.29) is 0 Å². The summed E-state index contributed by atoms with van der Waals surface area (Å²) in [5.41, 5.74) is 1.35. The van der Waals surface area contributed by atoms with Crippen molar-refractivity contribution in [1.82, 2.24) is 0 Å². The van der Waals surface area contributed by atoms with Crippen molar-refractivity contribution < 1.29 is 9.90 Å². The van der Waals surface area contributed by atoms with Gasteiger partial charge in [0.2, 0.25) is 0 Å². The predicted molar refractivity (Wildman–Crippen MR) is 69.0 cm³/mol. The summed E-state index contributed by atoms with van der Waals surface area (Å²) in [6.07, 6.45) is 1.65. The first-order chi connectivity index (χ1) is 7.09. The van der Waals surface area contributed by atoms with Crippen molar-refractivity contribution in [2.75, 3.05) is 11.9 Å². The van der Waals surface area contributed by atoms with Crippen molar-refractivity contribution in [2.24, 2.45) is 0 Å². The van der Waals surface area contributed by atoms with E-state index in [1.807, 2.05) is 24.3 Å². The minimum absolute atomic E-state index is 0.355. The van der Waals surface area contributed by atoms with Crippen LogP contribution < -0.4 is 5.32 Å². The highest BCUT2D eigenvalue weighted by molar-refractivity contribution is 14.1. The zero-order valence-corrected chi connectivity index (χ0v) is 10.5. The average Bonchev–Trinajstić information content (AvgIpc) is 2.20.